The fourth-order valence-electron chi connectivity index (χ4n) is 2.76. The number of nitrogens with zero attached hydrogens (tertiary/aromatic N) is 1. The van der Waals surface area contributed by atoms with Gasteiger partial charge in [-0.05, 0) is 42.0 Å². The van der Waals surface area contributed by atoms with E-state index in [-0.39, 0.29) is 22.6 Å². The molecule has 5 nitrogen and oxygen atoms in total. The lowest BCUT2D eigenvalue weighted by Crippen LogP contribution is -2.16. The third-order valence-corrected chi connectivity index (χ3v) is 4.54. The Morgan fingerprint density at radius 3 is 2.37 bits per heavy atom. The number of carbonyl (C=O) groups is 2. The number of anilines is 1. The summed E-state index contributed by atoms with van der Waals surface area (Å²) in [6.45, 7) is 0. The van der Waals surface area contributed by atoms with Gasteiger partial charge in [-0.25, -0.2) is 0 Å². The van der Waals surface area contributed by atoms with Gasteiger partial charge in [0.25, 0.3) is 5.91 Å². The smallest absolute Gasteiger partial charge is 0.266 e. The summed E-state index contributed by atoms with van der Waals surface area (Å²) in [6, 6.07) is 22.1. The van der Waals surface area contributed by atoms with Crippen LogP contribution in [0.5, 0.6) is 5.75 Å². The highest BCUT2D eigenvalue weighted by Gasteiger charge is 2.17. The van der Waals surface area contributed by atoms with Crippen LogP contribution in [0.3, 0.4) is 0 Å². The van der Waals surface area contributed by atoms with E-state index in [1.165, 1.54) is 12.1 Å². The second-order valence-corrected chi connectivity index (χ2v) is 6.72. The van der Waals surface area contributed by atoms with E-state index in [1.807, 2.05) is 6.07 Å². The molecule has 1 N–H and O–H groups in total. The lowest BCUT2D eigenvalue weighted by Gasteiger charge is -2.11. The molecule has 0 aliphatic heterocycles. The van der Waals surface area contributed by atoms with Gasteiger partial charge in [0.15, 0.2) is 5.78 Å². The van der Waals surface area contributed by atoms with Crippen molar-refractivity contribution in [2.45, 2.75) is 0 Å². The van der Waals surface area contributed by atoms with Crippen LogP contribution in [0.4, 0.5) is 5.69 Å². The van der Waals surface area contributed by atoms with Crippen molar-refractivity contribution in [3.05, 3.63) is 100 Å². The van der Waals surface area contributed by atoms with Gasteiger partial charge in [0.2, 0.25) is 0 Å². The average Bonchev–Trinajstić information content (AvgIpc) is 2.79. The highest BCUT2D eigenvalue weighted by Crippen LogP contribution is 2.24. The normalized spacial score (nSPS) is 10.8. The highest BCUT2D eigenvalue weighted by molar-refractivity contribution is 6.31. The molecule has 0 aliphatic rings. The number of methoxy groups -OCH3 is 1. The van der Waals surface area contributed by atoms with Crippen LogP contribution in [-0.4, -0.2) is 18.8 Å². The van der Waals surface area contributed by atoms with Crippen molar-refractivity contribution < 1.29 is 14.3 Å². The maximum Gasteiger partial charge on any atom is 0.266 e. The predicted octanol–water partition coefficient (Wildman–Crippen LogP) is 5.13. The number of hydrogen-bond acceptors (Lipinski definition) is 4. The Bertz CT molecular complexity index is 1150. The topological polar surface area (TPSA) is 79.2 Å². The number of nitrogens with one attached hydrogen (secondary N) is 1. The summed E-state index contributed by atoms with van der Waals surface area (Å²) in [4.78, 5) is 25.6. The summed E-state index contributed by atoms with van der Waals surface area (Å²) in [5.41, 5.74) is 1.54. The average molecular weight is 417 g/mol. The van der Waals surface area contributed by atoms with Gasteiger partial charge in [-0.3, -0.25) is 9.59 Å². The first kappa shape index (κ1) is 20.8. The van der Waals surface area contributed by atoms with E-state index in [0.29, 0.717) is 21.9 Å². The lowest BCUT2D eigenvalue weighted by molar-refractivity contribution is -0.112. The Balaban J connectivity index is 1.89. The standard InChI is InChI=1S/C24H17ClN2O3/c1-30-20-10-7-16(8-11-20)13-18(15-26)24(29)27-22-12-9-19(25)14-21(22)23(28)17-5-3-2-4-6-17/h2-14H,1H3,(H,27,29)/b18-13+. The van der Waals surface area contributed by atoms with Crippen molar-refractivity contribution in [2.24, 2.45) is 0 Å². The van der Waals surface area contributed by atoms with Crippen molar-refractivity contribution in [3.8, 4) is 11.8 Å². The third kappa shape index (κ3) is 4.93. The van der Waals surface area contributed by atoms with Crippen LogP contribution in [-0.2, 0) is 4.79 Å². The summed E-state index contributed by atoms with van der Waals surface area (Å²) in [7, 11) is 1.55. The van der Waals surface area contributed by atoms with Gasteiger partial charge in [0, 0.05) is 16.1 Å². The quantitative estimate of drug-likeness (QED) is 0.343. The number of hydrogen-bond donors (Lipinski definition) is 1. The number of halogens is 1. The van der Waals surface area contributed by atoms with Crippen LogP contribution in [0.25, 0.3) is 6.08 Å². The van der Waals surface area contributed by atoms with Crippen molar-refractivity contribution in [1.82, 2.24) is 0 Å². The van der Waals surface area contributed by atoms with Crippen molar-refractivity contribution in [2.75, 3.05) is 12.4 Å². The molecular formula is C24H17ClN2O3. The zero-order valence-electron chi connectivity index (χ0n) is 16.1. The Hall–Kier alpha value is -3.88. The number of ketones is 1. The fraction of sp³-hybridized carbons (Fsp3) is 0.0417. The van der Waals surface area contributed by atoms with Gasteiger partial charge in [-0.2, -0.15) is 5.26 Å². The zero-order valence-corrected chi connectivity index (χ0v) is 16.8. The number of carbonyl (C=O) groups excluding carboxylic acids is 2. The minimum atomic E-state index is -0.627. The van der Waals surface area contributed by atoms with Crippen LogP contribution in [0.2, 0.25) is 5.02 Å². The maximum absolute atomic E-state index is 12.9. The monoisotopic (exact) mass is 416 g/mol. The molecule has 3 aromatic carbocycles. The van der Waals surface area contributed by atoms with E-state index >= 15 is 0 Å². The van der Waals surface area contributed by atoms with Crippen LogP contribution in [0, 0.1) is 11.3 Å². The van der Waals surface area contributed by atoms with E-state index in [0.717, 1.165) is 0 Å². The first-order valence-corrected chi connectivity index (χ1v) is 9.36. The minimum absolute atomic E-state index is 0.103. The molecule has 0 unspecified atom stereocenters. The number of amides is 1. The molecule has 3 rings (SSSR count). The van der Waals surface area contributed by atoms with Crippen LogP contribution < -0.4 is 10.1 Å². The summed E-state index contributed by atoms with van der Waals surface area (Å²) < 4.78 is 5.10. The van der Waals surface area contributed by atoms with E-state index in [1.54, 1.807) is 73.8 Å². The number of rotatable bonds is 6. The molecule has 0 aromatic heterocycles. The summed E-state index contributed by atoms with van der Waals surface area (Å²) in [5.74, 6) is -0.246. The first-order chi connectivity index (χ1) is 14.5. The van der Waals surface area contributed by atoms with Gasteiger partial charge >= 0.3 is 0 Å². The van der Waals surface area contributed by atoms with Gasteiger partial charge in [-0.1, -0.05) is 54.1 Å². The molecule has 0 radical (unpaired) electrons. The minimum Gasteiger partial charge on any atom is -0.497 e. The summed E-state index contributed by atoms with van der Waals surface area (Å²) in [6.07, 6.45) is 1.46. The molecule has 6 heteroatoms. The van der Waals surface area contributed by atoms with Gasteiger partial charge in [0.05, 0.1) is 12.8 Å². The molecule has 0 heterocycles. The Labute approximate surface area is 179 Å². The van der Waals surface area contributed by atoms with Crippen LogP contribution in [0.15, 0.2) is 78.4 Å². The van der Waals surface area contributed by atoms with E-state index in [2.05, 4.69) is 5.32 Å². The van der Waals surface area contributed by atoms with Crippen molar-refractivity contribution >= 4 is 35.1 Å². The van der Waals surface area contributed by atoms with Gasteiger partial charge in [0.1, 0.15) is 17.4 Å². The van der Waals surface area contributed by atoms with Crippen molar-refractivity contribution in [1.29, 1.82) is 5.26 Å². The SMILES string of the molecule is COc1ccc(/C=C(\C#N)C(=O)Nc2ccc(Cl)cc2C(=O)c2ccccc2)cc1. The number of benzene rings is 3. The molecule has 1 amide bonds. The van der Waals surface area contributed by atoms with Gasteiger partial charge < -0.3 is 10.1 Å². The second kappa shape index (κ2) is 9.55. The number of nitriles is 1. The Morgan fingerprint density at radius 2 is 1.73 bits per heavy atom. The maximum atomic E-state index is 12.9. The molecule has 0 fully saturated rings. The second-order valence-electron chi connectivity index (χ2n) is 6.28. The summed E-state index contributed by atoms with van der Waals surface area (Å²) >= 11 is 6.07. The predicted molar refractivity (Wildman–Crippen MR) is 117 cm³/mol. The molecule has 30 heavy (non-hydrogen) atoms. The van der Waals surface area contributed by atoms with E-state index in [9.17, 15) is 14.9 Å². The lowest BCUT2D eigenvalue weighted by atomic mass is 10.0. The van der Waals surface area contributed by atoms with E-state index in [4.69, 9.17) is 16.3 Å². The molecule has 0 bridgehead atoms. The van der Waals surface area contributed by atoms with Crippen LogP contribution in [0.1, 0.15) is 21.5 Å². The number of ether oxygens (including phenoxy) is 1. The van der Waals surface area contributed by atoms with Gasteiger partial charge in [-0.15, -0.1) is 0 Å². The van der Waals surface area contributed by atoms with E-state index < -0.39 is 5.91 Å². The summed E-state index contributed by atoms with van der Waals surface area (Å²) in [5, 5.41) is 12.5. The molecule has 0 saturated heterocycles. The first-order valence-electron chi connectivity index (χ1n) is 8.98. The molecule has 0 spiro atoms. The molecule has 0 atom stereocenters. The Morgan fingerprint density at radius 1 is 1.03 bits per heavy atom. The third-order valence-electron chi connectivity index (χ3n) is 4.30. The molecule has 3 aromatic rings. The molecular weight excluding hydrogens is 400 g/mol. The fourth-order valence-corrected chi connectivity index (χ4v) is 2.94. The molecule has 148 valence electrons. The zero-order chi connectivity index (χ0) is 21.5. The highest BCUT2D eigenvalue weighted by atomic mass is 35.5. The van der Waals surface area contributed by atoms with Crippen LogP contribution >= 0.6 is 11.6 Å². The molecule has 0 saturated carbocycles. The van der Waals surface area contributed by atoms with Crippen molar-refractivity contribution in [3.63, 3.8) is 0 Å². The Kier molecular flexibility index (Phi) is 6.63. The molecule has 0 aliphatic carbocycles. The largest absolute Gasteiger partial charge is 0.497 e.